The summed E-state index contributed by atoms with van der Waals surface area (Å²) in [5.41, 5.74) is 6.69. The van der Waals surface area contributed by atoms with E-state index in [0.29, 0.717) is 17.2 Å². The van der Waals surface area contributed by atoms with Crippen LogP contribution < -0.4 is 20.5 Å². The second kappa shape index (κ2) is 8.01. The van der Waals surface area contributed by atoms with E-state index < -0.39 is 12.0 Å². The maximum absolute atomic E-state index is 12.2. The van der Waals surface area contributed by atoms with E-state index in [9.17, 15) is 9.59 Å². The number of rotatable bonds is 7. The molecule has 3 N–H and O–H groups in total. The summed E-state index contributed by atoms with van der Waals surface area (Å²) in [6, 6.07) is 14.2. The van der Waals surface area contributed by atoms with Crippen molar-refractivity contribution < 1.29 is 19.1 Å². The Hall–Kier alpha value is -3.02. The van der Waals surface area contributed by atoms with Crippen molar-refractivity contribution in [3.05, 3.63) is 54.1 Å². The second-order valence-corrected chi connectivity index (χ2v) is 5.35. The Morgan fingerprint density at radius 1 is 1.12 bits per heavy atom. The van der Waals surface area contributed by atoms with Crippen LogP contribution in [-0.2, 0) is 9.59 Å². The van der Waals surface area contributed by atoms with E-state index in [4.69, 9.17) is 15.2 Å². The fourth-order valence-corrected chi connectivity index (χ4v) is 1.94. The van der Waals surface area contributed by atoms with E-state index >= 15 is 0 Å². The van der Waals surface area contributed by atoms with Crippen LogP contribution in [0.4, 0.5) is 5.69 Å². The molecule has 2 amide bonds. The number of anilines is 1. The molecule has 0 bridgehead atoms. The molecule has 0 fully saturated rings. The molecular weight excluding hydrogens is 308 g/mol. The lowest BCUT2D eigenvalue weighted by molar-refractivity contribution is -0.122. The summed E-state index contributed by atoms with van der Waals surface area (Å²) in [5.74, 6) is 0.215. The van der Waals surface area contributed by atoms with Gasteiger partial charge in [0.25, 0.3) is 11.8 Å². The van der Waals surface area contributed by atoms with Crippen LogP contribution in [0.5, 0.6) is 11.5 Å². The molecule has 126 valence electrons. The minimum absolute atomic E-state index is 0.218. The molecular formula is C18H20N2O4. The predicted octanol–water partition coefficient (Wildman–Crippen LogP) is 2.27. The zero-order valence-corrected chi connectivity index (χ0v) is 13.6. The summed E-state index contributed by atoms with van der Waals surface area (Å²) in [7, 11) is 0. The molecule has 0 saturated heterocycles. The standard InChI is InChI=1S/C18H20N2O4/c1-12-6-8-15(9-7-12)24-13(2)18(22)20-14-4-3-5-16(10-14)23-11-17(19)21/h3-10,13H,11H2,1-2H3,(H2,19,21)(H,20,22). The fraction of sp³-hybridized carbons (Fsp3) is 0.222. The van der Waals surface area contributed by atoms with Crippen LogP contribution in [0.2, 0.25) is 0 Å². The first-order valence-corrected chi connectivity index (χ1v) is 7.49. The van der Waals surface area contributed by atoms with Gasteiger partial charge in [0.15, 0.2) is 12.7 Å². The number of ether oxygens (including phenoxy) is 2. The molecule has 6 heteroatoms. The SMILES string of the molecule is Cc1ccc(OC(C)C(=O)Nc2cccc(OCC(N)=O)c2)cc1. The number of hydrogen-bond acceptors (Lipinski definition) is 4. The van der Waals surface area contributed by atoms with Gasteiger partial charge in [0, 0.05) is 11.8 Å². The van der Waals surface area contributed by atoms with Gasteiger partial charge >= 0.3 is 0 Å². The normalized spacial score (nSPS) is 11.4. The largest absolute Gasteiger partial charge is 0.484 e. The molecule has 2 rings (SSSR count). The number of benzene rings is 2. The van der Waals surface area contributed by atoms with Gasteiger partial charge in [-0.25, -0.2) is 0 Å². The molecule has 2 aromatic rings. The van der Waals surface area contributed by atoms with Gasteiger partial charge in [-0.1, -0.05) is 23.8 Å². The van der Waals surface area contributed by atoms with E-state index in [1.807, 2.05) is 31.2 Å². The van der Waals surface area contributed by atoms with Gasteiger partial charge in [0.2, 0.25) is 0 Å². The molecule has 0 radical (unpaired) electrons. The van der Waals surface area contributed by atoms with Crippen LogP contribution >= 0.6 is 0 Å². The average molecular weight is 328 g/mol. The van der Waals surface area contributed by atoms with Crippen molar-refractivity contribution in [2.75, 3.05) is 11.9 Å². The lowest BCUT2D eigenvalue weighted by atomic mass is 10.2. The lowest BCUT2D eigenvalue weighted by Crippen LogP contribution is -2.30. The Bertz CT molecular complexity index is 713. The Morgan fingerprint density at radius 2 is 1.83 bits per heavy atom. The van der Waals surface area contributed by atoms with Crippen molar-refractivity contribution in [3.63, 3.8) is 0 Å². The zero-order chi connectivity index (χ0) is 17.5. The number of nitrogens with one attached hydrogen (secondary N) is 1. The summed E-state index contributed by atoms with van der Waals surface area (Å²) in [6.07, 6.45) is -0.664. The minimum atomic E-state index is -0.664. The molecule has 0 saturated carbocycles. The van der Waals surface area contributed by atoms with Gasteiger partial charge in [0.05, 0.1) is 0 Å². The third-order valence-corrected chi connectivity index (χ3v) is 3.19. The van der Waals surface area contributed by atoms with Crippen molar-refractivity contribution >= 4 is 17.5 Å². The molecule has 1 atom stereocenters. The maximum Gasteiger partial charge on any atom is 0.265 e. The van der Waals surface area contributed by atoms with Gasteiger partial charge < -0.3 is 20.5 Å². The molecule has 6 nitrogen and oxygen atoms in total. The highest BCUT2D eigenvalue weighted by Gasteiger charge is 2.15. The Morgan fingerprint density at radius 3 is 2.50 bits per heavy atom. The number of primary amides is 1. The lowest BCUT2D eigenvalue weighted by Gasteiger charge is -2.15. The maximum atomic E-state index is 12.2. The molecule has 0 aliphatic rings. The highest BCUT2D eigenvalue weighted by Crippen LogP contribution is 2.18. The van der Waals surface area contributed by atoms with E-state index in [1.165, 1.54) is 0 Å². The molecule has 0 aliphatic heterocycles. The quantitative estimate of drug-likeness (QED) is 0.816. The number of amides is 2. The van der Waals surface area contributed by atoms with Gasteiger partial charge in [-0.2, -0.15) is 0 Å². The van der Waals surface area contributed by atoms with Crippen LogP contribution in [0.15, 0.2) is 48.5 Å². The van der Waals surface area contributed by atoms with Crippen LogP contribution in [0.3, 0.4) is 0 Å². The van der Waals surface area contributed by atoms with E-state index in [0.717, 1.165) is 5.56 Å². The highest BCUT2D eigenvalue weighted by molar-refractivity contribution is 5.94. The monoisotopic (exact) mass is 328 g/mol. The van der Waals surface area contributed by atoms with Crippen molar-refractivity contribution in [1.29, 1.82) is 0 Å². The highest BCUT2D eigenvalue weighted by atomic mass is 16.5. The van der Waals surface area contributed by atoms with Gasteiger partial charge in [-0.3, -0.25) is 9.59 Å². The zero-order valence-electron chi connectivity index (χ0n) is 13.6. The average Bonchev–Trinajstić information content (AvgIpc) is 2.55. The van der Waals surface area contributed by atoms with Gasteiger partial charge in [-0.15, -0.1) is 0 Å². The van der Waals surface area contributed by atoms with Crippen molar-refractivity contribution in [3.8, 4) is 11.5 Å². The number of nitrogens with two attached hydrogens (primary N) is 1. The third-order valence-electron chi connectivity index (χ3n) is 3.19. The molecule has 1 unspecified atom stereocenters. The summed E-state index contributed by atoms with van der Waals surface area (Å²) in [6.45, 7) is 3.43. The van der Waals surface area contributed by atoms with E-state index in [-0.39, 0.29) is 12.5 Å². The summed E-state index contributed by atoms with van der Waals surface area (Å²) >= 11 is 0. The number of hydrogen-bond donors (Lipinski definition) is 2. The van der Waals surface area contributed by atoms with Crippen LogP contribution in [-0.4, -0.2) is 24.5 Å². The molecule has 0 aromatic heterocycles. The molecule has 0 aliphatic carbocycles. The minimum Gasteiger partial charge on any atom is -0.484 e. The van der Waals surface area contributed by atoms with Crippen molar-refractivity contribution in [2.24, 2.45) is 5.73 Å². The Balaban J connectivity index is 1.94. The summed E-state index contributed by atoms with van der Waals surface area (Å²) in [4.78, 5) is 22.9. The molecule has 0 spiro atoms. The Labute approximate surface area is 140 Å². The van der Waals surface area contributed by atoms with E-state index in [1.54, 1.807) is 31.2 Å². The third kappa shape index (κ3) is 5.31. The van der Waals surface area contributed by atoms with E-state index in [2.05, 4.69) is 5.32 Å². The van der Waals surface area contributed by atoms with Crippen LogP contribution in [0, 0.1) is 6.92 Å². The van der Waals surface area contributed by atoms with Crippen molar-refractivity contribution in [2.45, 2.75) is 20.0 Å². The topological polar surface area (TPSA) is 90.7 Å². The fourth-order valence-electron chi connectivity index (χ4n) is 1.94. The first-order valence-electron chi connectivity index (χ1n) is 7.49. The first kappa shape index (κ1) is 17.3. The number of carbonyl (C=O) groups is 2. The number of aryl methyl sites for hydroxylation is 1. The van der Waals surface area contributed by atoms with Gasteiger partial charge in [0.1, 0.15) is 11.5 Å². The van der Waals surface area contributed by atoms with Gasteiger partial charge in [-0.05, 0) is 38.1 Å². The second-order valence-electron chi connectivity index (χ2n) is 5.35. The smallest absolute Gasteiger partial charge is 0.265 e. The number of carbonyl (C=O) groups excluding carboxylic acids is 2. The Kier molecular flexibility index (Phi) is 5.78. The molecule has 2 aromatic carbocycles. The first-order chi connectivity index (χ1) is 11.4. The predicted molar refractivity (Wildman–Crippen MR) is 91.0 cm³/mol. The molecule has 0 heterocycles. The summed E-state index contributed by atoms with van der Waals surface area (Å²) < 4.78 is 10.8. The van der Waals surface area contributed by atoms with Crippen molar-refractivity contribution in [1.82, 2.24) is 0 Å². The summed E-state index contributed by atoms with van der Waals surface area (Å²) in [5, 5.41) is 2.74. The molecule has 24 heavy (non-hydrogen) atoms. The van der Waals surface area contributed by atoms with Crippen LogP contribution in [0.1, 0.15) is 12.5 Å². The van der Waals surface area contributed by atoms with Crippen LogP contribution in [0.25, 0.3) is 0 Å².